The molecule has 28 heavy (non-hydrogen) atoms. The number of nitrogens with zero attached hydrogens (tertiary/aromatic N) is 1. The van der Waals surface area contributed by atoms with Crippen LogP contribution in [0.25, 0.3) is 6.08 Å². The number of aryl methyl sites for hydroxylation is 1. The number of amides is 1. The number of hydrogen-bond acceptors (Lipinski definition) is 3. The second kappa shape index (κ2) is 9.17. The smallest absolute Gasteiger partial charge is 0.236 e. The topological polar surface area (TPSA) is 66.5 Å². The summed E-state index contributed by atoms with van der Waals surface area (Å²) >= 11 is 0. The van der Waals surface area contributed by atoms with Gasteiger partial charge in [-0.15, -0.1) is 0 Å². The van der Waals surface area contributed by atoms with E-state index in [9.17, 15) is 13.2 Å². The maximum atomic E-state index is 12.5. The molecule has 3 rings (SSSR count). The summed E-state index contributed by atoms with van der Waals surface area (Å²) < 4.78 is 26.5. The van der Waals surface area contributed by atoms with Gasteiger partial charge >= 0.3 is 0 Å². The highest BCUT2D eigenvalue weighted by Crippen LogP contribution is 2.23. The second-order valence-corrected chi connectivity index (χ2v) is 8.79. The number of piperidine rings is 1. The van der Waals surface area contributed by atoms with E-state index < -0.39 is 10.0 Å². The monoisotopic (exact) mass is 398 g/mol. The molecule has 1 fully saturated rings. The first kappa shape index (κ1) is 20.3. The number of carbonyl (C=O) groups excluding carboxylic acids is 1. The third-order valence-electron chi connectivity index (χ3n) is 5.02. The van der Waals surface area contributed by atoms with Crippen molar-refractivity contribution >= 4 is 27.7 Å². The normalized spacial score (nSPS) is 16.3. The average molecular weight is 399 g/mol. The van der Waals surface area contributed by atoms with Gasteiger partial charge in [-0.2, -0.15) is 4.31 Å². The molecule has 0 saturated carbocycles. The van der Waals surface area contributed by atoms with Gasteiger partial charge < -0.3 is 5.32 Å². The molecule has 1 amide bonds. The van der Waals surface area contributed by atoms with Crippen LogP contribution >= 0.6 is 0 Å². The molecule has 0 bridgehead atoms. The predicted molar refractivity (Wildman–Crippen MR) is 113 cm³/mol. The zero-order valence-corrected chi connectivity index (χ0v) is 16.9. The van der Waals surface area contributed by atoms with E-state index in [0.717, 1.165) is 17.7 Å². The van der Waals surface area contributed by atoms with Crippen molar-refractivity contribution in [2.24, 2.45) is 5.92 Å². The summed E-state index contributed by atoms with van der Waals surface area (Å²) in [5.41, 5.74) is 2.81. The standard InChI is InChI=1S/C22H26N2O3S/c1-2-18-9-6-10-21(17-18)23-22(25)20-11-14-24(15-12-20)28(26,27)16-13-19-7-4-3-5-8-19/h3-10,13,16-17,20H,2,11-12,14-15H2,1H3,(H,23,25)/b16-13+. The van der Waals surface area contributed by atoms with Gasteiger partial charge in [-0.3, -0.25) is 4.79 Å². The summed E-state index contributed by atoms with van der Waals surface area (Å²) in [6.07, 6.45) is 3.57. The van der Waals surface area contributed by atoms with Gasteiger partial charge in [0, 0.05) is 30.1 Å². The number of sulfonamides is 1. The van der Waals surface area contributed by atoms with E-state index in [-0.39, 0.29) is 11.8 Å². The maximum absolute atomic E-state index is 12.5. The van der Waals surface area contributed by atoms with E-state index in [2.05, 4.69) is 12.2 Å². The van der Waals surface area contributed by atoms with Gasteiger partial charge in [-0.05, 0) is 48.6 Å². The lowest BCUT2D eigenvalue weighted by molar-refractivity contribution is -0.120. The SMILES string of the molecule is CCc1cccc(NC(=O)C2CCN(S(=O)(=O)/C=C/c3ccccc3)CC2)c1. The van der Waals surface area contributed by atoms with Crippen LogP contribution < -0.4 is 5.32 Å². The van der Waals surface area contributed by atoms with E-state index in [0.29, 0.717) is 25.9 Å². The van der Waals surface area contributed by atoms with E-state index in [4.69, 9.17) is 0 Å². The molecule has 0 aromatic heterocycles. The molecule has 6 heteroatoms. The predicted octanol–water partition coefficient (Wildman–Crippen LogP) is 3.90. The Hall–Kier alpha value is -2.44. The maximum Gasteiger partial charge on any atom is 0.236 e. The number of carbonyl (C=O) groups is 1. The average Bonchev–Trinajstić information content (AvgIpc) is 2.73. The van der Waals surface area contributed by atoms with Gasteiger partial charge in [-0.25, -0.2) is 8.42 Å². The van der Waals surface area contributed by atoms with Crippen molar-refractivity contribution in [3.05, 3.63) is 71.1 Å². The third kappa shape index (κ3) is 5.30. The highest BCUT2D eigenvalue weighted by atomic mass is 32.2. The van der Waals surface area contributed by atoms with Crippen LogP contribution in [0.1, 0.15) is 30.9 Å². The summed E-state index contributed by atoms with van der Waals surface area (Å²) in [6, 6.07) is 17.2. The first-order valence-corrected chi connectivity index (χ1v) is 11.1. The van der Waals surface area contributed by atoms with Gasteiger partial charge in [0.05, 0.1) is 0 Å². The minimum Gasteiger partial charge on any atom is -0.326 e. The quantitative estimate of drug-likeness (QED) is 0.802. The summed E-state index contributed by atoms with van der Waals surface area (Å²) in [6.45, 7) is 2.78. The Balaban J connectivity index is 1.56. The summed E-state index contributed by atoms with van der Waals surface area (Å²) in [7, 11) is -3.48. The Morgan fingerprint density at radius 1 is 1.11 bits per heavy atom. The minimum atomic E-state index is -3.48. The first-order valence-electron chi connectivity index (χ1n) is 9.61. The fourth-order valence-electron chi connectivity index (χ4n) is 3.30. The van der Waals surface area contributed by atoms with Crippen molar-refractivity contribution in [3.8, 4) is 0 Å². The van der Waals surface area contributed by atoms with Crippen molar-refractivity contribution in [3.63, 3.8) is 0 Å². The molecule has 1 aliphatic rings. The molecular weight excluding hydrogens is 372 g/mol. The number of rotatable bonds is 6. The summed E-state index contributed by atoms with van der Waals surface area (Å²) in [5.74, 6) is -0.208. The fourth-order valence-corrected chi connectivity index (χ4v) is 4.52. The fraction of sp³-hybridized carbons (Fsp3) is 0.318. The van der Waals surface area contributed by atoms with Crippen molar-refractivity contribution in [2.75, 3.05) is 18.4 Å². The molecule has 2 aromatic rings. The molecule has 0 aliphatic carbocycles. The zero-order valence-electron chi connectivity index (χ0n) is 16.0. The molecule has 0 spiro atoms. The van der Waals surface area contributed by atoms with Crippen LogP contribution in [0.5, 0.6) is 0 Å². The Morgan fingerprint density at radius 3 is 2.50 bits per heavy atom. The van der Waals surface area contributed by atoms with Crippen molar-refractivity contribution in [1.29, 1.82) is 0 Å². The van der Waals surface area contributed by atoms with Crippen LogP contribution in [0.4, 0.5) is 5.69 Å². The van der Waals surface area contributed by atoms with Crippen LogP contribution in [0.15, 0.2) is 60.0 Å². The van der Waals surface area contributed by atoms with Crippen molar-refractivity contribution in [1.82, 2.24) is 4.31 Å². The van der Waals surface area contributed by atoms with Crippen molar-refractivity contribution < 1.29 is 13.2 Å². The molecule has 0 radical (unpaired) electrons. The van der Waals surface area contributed by atoms with E-state index in [1.807, 2.05) is 54.6 Å². The molecule has 2 aromatic carbocycles. The van der Waals surface area contributed by atoms with Gasteiger partial charge in [-0.1, -0.05) is 49.4 Å². The molecule has 5 nitrogen and oxygen atoms in total. The minimum absolute atomic E-state index is 0.0369. The Kier molecular flexibility index (Phi) is 6.65. The molecule has 1 N–H and O–H groups in total. The van der Waals surface area contributed by atoms with E-state index in [1.54, 1.807) is 6.08 Å². The summed E-state index contributed by atoms with van der Waals surface area (Å²) in [4.78, 5) is 12.5. The zero-order chi connectivity index (χ0) is 20.0. The summed E-state index contributed by atoms with van der Waals surface area (Å²) in [5, 5.41) is 4.21. The largest absolute Gasteiger partial charge is 0.326 e. The second-order valence-electron chi connectivity index (χ2n) is 6.97. The molecular formula is C22H26N2O3S. The van der Waals surface area contributed by atoms with Crippen LogP contribution in [-0.4, -0.2) is 31.7 Å². The number of hydrogen-bond donors (Lipinski definition) is 1. The van der Waals surface area contributed by atoms with E-state index in [1.165, 1.54) is 15.3 Å². The Labute approximate surface area is 167 Å². The lowest BCUT2D eigenvalue weighted by Gasteiger charge is -2.29. The Morgan fingerprint density at radius 2 is 1.82 bits per heavy atom. The number of anilines is 1. The lowest BCUT2D eigenvalue weighted by Crippen LogP contribution is -2.40. The molecule has 0 unspecified atom stereocenters. The highest BCUT2D eigenvalue weighted by molar-refractivity contribution is 7.92. The van der Waals surface area contributed by atoms with Gasteiger partial charge in [0.2, 0.25) is 15.9 Å². The van der Waals surface area contributed by atoms with Gasteiger partial charge in [0.25, 0.3) is 0 Å². The van der Waals surface area contributed by atoms with Crippen LogP contribution in [-0.2, 0) is 21.2 Å². The number of nitrogens with one attached hydrogen (secondary N) is 1. The Bertz CT molecular complexity index is 931. The molecule has 1 saturated heterocycles. The van der Waals surface area contributed by atoms with Crippen LogP contribution in [0.2, 0.25) is 0 Å². The first-order chi connectivity index (χ1) is 13.5. The van der Waals surface area contributed by atoms with E-state index >= 15 is 0 Å². The lowest BCUT2D eigenvalue weighted by atomic mass is 9.97. The van der Waals surface area contributed by atoms with Crippen LogP contribution in [0.3, 0.4) is 0 Å². The molecule has 1 aliphatic heterocycles. The van der Waals surface area contributed by atoms with Crippen LogP contribution in [0, 0.1) is 5.92 Å². The highest BCUT2D eigenvalue weighted by Gasteiger charge is 2.29. The molecule has 1 heterocycles. The number of benzene rings is 2. The molecule has 0 atom stereocenters. The third-order valence-corrected chi connectivity index (χ3v) is 6.58. The van der Waals surface area contributed by atoms with Gasteiger partial charge in [0.1, 0.15) is 0 Å². The van der Waals surface area contributed by atoms with Crippen molar-refractivity contribution in [2.45, 2.75) is 26.2 Å². The van der Waals surface area contributed by atoms with Gasteiger partial charge in [0.15, 0.2) is 0 Å². The molecule has 148 valence electrons.